The van der Waals surface area contributed by atoms with Gasteiger partial charge in [-0.1, -0.05) is 25.8 Å². The molecule has 3 heterocycles. The van der Waals surface area contributed by atoms with Gasteiger partial charge in [0.15, 0.2) is 5.76 Å². The lowest BCUT2D eigenvalue weighted by Gasteiger charge is -2.01. The molecule has 2 aromatic heterocycles. The fourth-order valence-corrected chi connectivity index (χ4v) is 2.83. The second-order valence-corrected chi connectivity index (χ2v) is 5.67. The van der Waals surface area contributed by atoms with Gasteiger partial charge in [0.25, 0.3) is 11.8 Å². The third-order valence-electron chi connectivity index (χ3n) is 2.27. The van der Waals surface area contributed by atoms with Crippen molar-refractivity contribution >= 4 is 36.7 Å². The van der Waals surface area contributed by atoms with E-state index in [0.717, 1.165) is 0 Å². The Balaban J connectivity index is 1.74. The van der Waals surface area contributed by atoms with Gasteiger partial charge >= 0.3 is 6.01 Å². The van der Waals surface area contributed by atoms with Crippen molar-refractivity contribution in [1.29, 1.82) is 0 Å². The maximum Gasteiger partial charge on any atom is 0.322 e. The molecule has 0 unspecified atom stereocenters. The third kappa shape index (κ3) is 2.70. The Morgan fingerprint density at radius 2 is 2.32 bits per heavy atom. The number of nitrogens with zero attached hydrogens (tertiary/aromatic N) is 2. The van der Waals surface area contributed by atoms with Crippen molar-refractivity contribution in [2.24, 2.45) is 0 Å². The Morgan fingerprint density at radius 1 is 1.37 bits per heavy atom. The van der Waals surface area contributed by atoms with Crippen LogP contribution in [0.5, 0.6) is 0 Å². The Kier molecular flexibility index (Phi) is 3.36. The van der Waals surface area contributed by atoms with Crippen molar-refractivity contribution in [3.63, 3.8) is 0 Å². The molecule has 0 aliphatic carbocycles. The summed E-state index contributed by atoms with van der Waals surface area (Å²) in [4.78, 5) is 11.9. The van der Waals surface area contributed by atoms with Crippen molar-refractivity contribution in [3.8, 4) is 11.7 Å². The van der Waals surface area contributed by atoms with Gasteiger partial charge in [0.1, 0.15) is 0 Å². The van der Waals surface area contributed by atoms with Crippen LogP contribution in [-0.4, -0.2) is 20.1 Å². The summed E-state index contributed by atoms with van der Waals surface area (Å²) in [6.45, 7) is 0. The first-order chi connectivity index (χ1) is 9.33. The van der Waals surface area contributed by atoms with Gasteiger partial charge in [-0.15, -0.1) is 5.10 Å². The van der Waals surface area contributed by atoms with Gasteiger partial charge in [0.2, 0.25) is 0 Å². The number of anilines is 1. The molecule has 1 aliphatic rings. The van der Waals surface area contributed by atoms with Gasteiger partial charge in [-0.3, -0.25) is 10.1 Å². The zero-order valence-corrected chi connectivity index (χ0v) is 11.7. The van der Waals surface area contributed by atoms with Gasteiger partial charge in [-0.2, -0.15) is 0 Å². The van der Waals surface area contributed by atoms with Crippen LogP contribution < -0.4 is 5.32 Å². The molecule has 2 aromatic rings. The lowest BCUT2D eigenvalue weighted by Crippen LogP contribution is -2.14. The average Bonchev–Trinajstić information content (AvgIpc) is 3.10. The second-order valence-electron chi connectivity index (χ2n) is 3.51. The molecule has 1 N–H and O–H groups in total. The molecule has 1 amide bonds. The minimum atomic E-state index is -0.272. The number of furan rings is 1. The number of rotatable bonds is 3. The molecular formula is C12H8IN3O3. The summed E-state index contributed by atoms with van der Waals surface area (Å²) in [7, 11) is 0. The number of halogens is 1. The second kappa shape index (κ2) is 5.31. The molecule has 0 atom stereocenters. The Bertz CT molecular complexity index is 683. The van der Waals surface area contributed by atoms with Gasteiger partial charge in [0.05, 0.1) is 6.26 Å². The van der Waals surface area contributed by atoms with E-state index >= 15 is 0 Å². The van der Waals surface area contributed by atoms with Crippen LogP contribution in [0.2, 0.25) is 0 Å². The van der Waals surface area contributed by atoms with E-state index in [4.69, 9.17) is 8.83 Å². The van der Waals surface area contributed by atoms with E-state index in [1.54, 1.807) is 24.3 Å². The molecule has 1 aliphatic heterocycles. The smallest absolute Gasteiger partial charge is 0.322 e. The highest BCUT2D eigenvalue weighted by Gasteiger charge is 2.14. The monoisotopic (exact) mass is 369 g/mol. The van der Waals surface area contributed by atoms with Crippen molar-refractivity contribution < 1.29 is 13.6 Å². The largest absolute Gasteiger partial charge is 0.459 e. The predicted molar refractivity (Wildman–Crippen MR) is 77.9 cm³/mol. The third-order valence-corrected chi connectivity index (χ3v) is 3.82. The molecule has 0 saturated carbocycles. The topological polar surface area (TPSA) is 81.2 Å². The quantitative estimate of drug-likeness (QED) is 0.841. The van der Waals surface area contributed by atoms with Crippen LogP contribution in [0.4, 0.5) is 6.01 Å². The first-order valence-electron chi connectivity index (χ1n) is 5.34. The summed E-state index contributed by atoms with van der Waals surface area (Å²) in [5, 5.41) is 10.1. The van der Waals surface area contributed by atoms with Crippen molar-refractivity contribution in [2.75, 3.05) is 5.32 Å². The molecule has 0 radical (unpaired) electrons. The van der Waals surface area contributed by atoms with E-state index < -0.39 is 0 Å². The standard InChI is InChI=1S/C12H8IN3O3/c17-10(8-3-5-13-6-4-8)14-12-16-15-11(19-12)9-2-1-7-18-9/h1-7H,(H,14,16,17). The van der Waals surface area contributed by atoms with E-state index in [1.165, 1.54) is 6.26 Å². The first-order valence-corrected chi connectivity index (χ1v) is 7.83. The van der Waals surface area contributed by atoms with E-state index in [2.05, 4.69) is 15.5 Å². The summed E-state index contributed by atoms with van der Waals surface area (Å²) in [5.41, 5.74) is 0.573. The zero-order chi connectivity index (χ0) is 13.1. The highest BCUT2D eigenvalue weighted by atomic mass is 127. The van der Waals surface area contributed by atoms with Crippen LogP contribution in [0, 0.1) is 0 Å². The number of aromatic nitrogens is 2. The highest BCUT2D eigenvalue weighted by molar-refractivity contribution is 14.2. The average molecular weight is 369 g/mol. The van der Waals surface area contributed by atoms with Gasteiger partial charge in [0, 0.05) is 5.57 Å². The Hall–Kier alpha value is -2.03. The lowest BCUT2D eigenvalue weighted by atomic mass is 10.2. The van der Waals surface area contributed by atoms with E-state index in [1.807, 2.05) is 8.09 Å². The molecule has 96 valence electrons. The number of amides is 1. The molecule has 0 saturated heterocycles. The van der Waals surface area contributed by atoms with E-state index in [9.17, 15) is 4.79 Å². The lowest BCUT2D eigenvalue weighted by molar-refractivity contribution is -0.112. The minimum absolute atomic E-state index is 0.0454. The predicted octanol–water partition coefficient (Wildman–Crippen LogP) is 2.49. The maximum absolute atomic E-state index is 11.9. The number of carbonyl (C=O) groups excluding carboxylic acids is 1. The van der Waals surface area contributed by atoms with Crippen LogP contribution in [0.3, 0.4) is 0 Å². The minimum Gasteiger partial charge on any atom is -0.459 e. The number of allylic oxidation sites excluding steroid dienone is 1. The fraction of sp³-hybridized carbons (Fsp3) is 0. The molecule has 6 nitrogen and oxygen atoms in total. The van der Waals surface area contributed by atoms with Crippen LogP contribution in [-0.2, 0) is 4.79 Å². The van der Waals surface area contributed by atoms with E-state index in [-0.39, 0.29) is 38.5 Å². The number of hydrogen-bond acceptors (Lipinski definition) is 5. The Morgan fingerprint density at radius 3 is 3.05 bits per heavy atom. The summed E-state index contributed by atoms with van der Waals surface area (Å²) >= 11 is -0.0454. The zero-order valence-electron chi connectivity index (χ0n) is 9.54. The summed E-state index contributed by atoms with van der Waals surface area (Å²) in [6, 6.07) is 3.46. The first kappa shape index (κ1) is 12.0. The summed E-state index contributed by atoms with van der Waals surface area (Å²) in [6.07, 6.45) is 5.10. The normalized spacial score (nSPS) is 13.8. The number of carbonyl (C=O) groups is 1. The van der Waals surface area contributed by atoms with Crippen LogP contribution in [0.1, 0.15) is 0 Å². The Labute approximate surface area is 117 Å². The fourth-order valence-electron chi connectivity index (χ4n) is 1.40. The van der Waals surface area contributed by atoms with Gasteiger partial charge in [-0.25, -0.2) is 0 Å². The van der Waals surface area contributed by atoms with Crippen LogP contribution >= 0.6 is 20.7 Å². The molecule has 0 fully saturated rings. The molecule has 7 heteroatoms. The summed E-state index contributed by atoms with van der Waals surface area (Å²) in [5.74, 6) is 0.416. The molecular weight excluding hydrogens is 361 g/mol. The van der Waals surface area contributed by atoms with E-state index in [0.29, 0.717) is 11.3 Å². The van der Waals surface area contributed by atoms with Crippen molar-refractivity contribution in [2.45, 2.75) is 0 Å². The van der Waals surface area contributed by atoms with Crippen molar-refractivity contribution in [3.05, 3.63) is 40.2 Å². The van der Waals surface area contributed by atoms with Crippen LogP contribution in [0.25, 0.3) is 11.7 Å². The van der Waals surface area contributed by atoms with Gasteiger partial charge in [-0.05, 0) is 32.4 Å². The van der Waals surface area contributed by atoms with Crippen molar-refractivity contribution in [1.82, 2.24) is 10.2 Å². The SMILES string of the molecule is O=C(Nc1nnc(-c2ccco2)o1)C1=CC=IC=C1. The number of nitrogens with one attached hydrogen (secondary N) is 1. The molecule has 19 heavy (non-hydrogen) atoms. The molecule has 0 spiro atoms. The highest BCUT2D eigenvalue weighted by Crippen LogP contribution is 2.20. The summed E-state index contributed by atoms with van der Waals surface area (Å²) < 4.78 is 14.4. The van der Waals surface area contributed by atoms with Crippen LogP contribution in [0.15, 0.2) is 49.0 Å². The number of hydrogen-bond donors (Lipinski definition) is 1. The molecule has 0 bridgehead atoms. The molecule has 3 rings (SSSR count). The maximum atomic E-state index is 11.9. The van der Waals surface area contributed by atoms with Gasteiger partial charge < -0.3 is 8.83 Å². The molecule has 0 aromatic carbocycles.